The van der Waals surface area contributed by atoms with Crippen LogP contribution < -0.4 is 0 Å². The lowest BCUT2D eigenvalue weighted by Crippen LogP contribution is -2.31. The Morgan fingerprint density at radius 3 is 1.93 bits per heavy atom. The Balaban J connectivity index is 4.40. The van der Waals surface area contributed by atoms with Gasteiger partial charge in [-0.05, 0) is 6.42 Å². The van der Waals surface area contributed by atoms with E-state index in [2.05, 4.69) is 9.47 Å². The number of rotatable bonds is 5. The number of hydrogen-bond acceptors (Lipinski definition) is 6. The summed E-state index contributed by atoms with van der Waals surface area (Å²) in [6.07, 6.45) is -1.35. The number of carbonyl (C=O) groups is 2. The molecule has 1 atom stereocenters. The van der Waals surface area contributed by atoms with Gasteiger partial charge in [-0.15, -0.1) is 0 Å². The molecular weight excluding hydrogens is 192 g/mol. The summed E-state index contributed by atoms with van der Waals surface area (Å²) in [5.41, 5.74) is 0. The molecule has 0 bridgehead atoms. The highest BCUT2D eigenvalue weighted by atomic mass is 16.5. The molecule has 2 N–H and O–H groups in total. The second-order valence-corrected chi connectivity index (χ2v) is 2.67. The van der Waals surface area contributed by atoms with Crippen molar-refractivity contribution in [1.29, 1.82) is 0 Å². The Hall–Kier alpha value is -1.14. The number of aliphatic hydroxyl groups is 2. The molecule has 0 aromatic carbocycles. The van der Waals surface area contributed by atoms with Gasteiger partial charge >= 0.3 is 11.9 Å². The maximum absolute atomic E-state index is 11.0. The van der Waals surface area contributed by atoms with Gasteiger partial charge < -0.3 is 19.7 Å². The van der Waals surface area contributed by atoms with Gasteiger partial charge in [0.2, 0.25) is 0 Å². The number of methoxy groups -OCH3 is 2. The van der Waals surface area contributed by atoms with Crippen molar-refractivity contribution < 1.29 is 29.3 Å². The monoisotopic (exact) mass is 206 g/mol. The summed E-state index contributed by atoms with van der Waals surface area (Å²) in [5.74, 6) is -2.76. The second-order valence-electron chi connectivity index (χ2n) is 2.67. The Morgan fingerprint density at radius 2 is 1.64 bits per heavy atom. The first kappa shape index (κ1) is 12.9. The zero-order valence-corrected chi connectivity index (χ0v) is 8.10. The van der Waals surface area contributed by atoms with Gasteiger partial charge in [0.15, 0.2) is 5.92 Å². The van der Waals surface area contributed by atoms with E-state index in [1.54, 1.807) is 0 Å². The van der Waals surface area contributed by atoms with Crippen LogP contribution >= 0.6 is 0 Å². The highest BCUT2D eigenvalue weighted by Crippen LogP contribution is 2.10. The standard InChI is InChI=1S/C8H14O6/c1-13-7(11)6(8(12)14-2)3-5(10)4-9/h5-6,9-10H,3-4H2,1-2H3. The lowest BCUT2D eigenvalue weighted by Gasteiger charge is -2.14. The van der Waals surface area contributed by atoms with Crippen molar-refractivity contribution in [1.82, 2.24) is 0 Å². The van der Waals surface area contributed by atoms with Crippen molar-refractivity contribution in [3.05, 3.63) is 0 Å². The van der Waals surface area contributed by atoms with E-state index in [4.69, 9.17) is 10.2 Å². The van der Waals surface area contributed by atoms with Gasteiger partial charge in [0.05, 0.1) is 26.9 Å². The molecule has 0 fully saturated rings. The highest BCUT2D eigenvalue weighted by Gasteiger charge is 2.30. The maximum Gasteiger partial charge on any atom is 0.320 e. The lowest BCUT2D eigenvalue weighted by atomic mass is 10.0. The molecule has 0 aromatic heterocycles. The highest BCUT2D eigenvalue weighted by molar-refractivity contribution is 5.94. The van der Waals surface area contributed by atoms with Crippen LogP contribution in [0.4, 0.5) is 0 Å². The lowest BCUT2D eigenvalue weighted by molar-refractivity contribution is -0.160. The molecule has 0 rings (SSSR count). The van der Waals surface area contributed by atoms with Crippen molar-refractivity contribution in [3.63, 3.8) is 0 Å². The minimum absolute atomic E-state index is 0.212. The molecule has 0 aromatic rings. The van der Waals surface area contributed by atoms with Crippen LogP contribution in [-0.4, -0.2) is 49.1 Å². The van der Waals surface area contributed by atoms with Crippen LogP contribution in [0.1, 0.15) is 6.42 Å². The Bertz CT molecular complexity index is 186. The van der Waals surface area contributed by atoms with Crippen molar-refractivity contribution in [3.8, 4) is 0 Å². The Kier molecular flexibility index (Phi) is 5.82. The Morgan fingerprint density at radius 1 is 1.21 bits per heavy atom. The first-order valence-electron chi connectivity index (χ1n) is 4.01. The number of esters is 2. The van der Waals surface area contributed by atoms with Gasteiger partial charge in [-0.3, -0.25) is 9.59 Å². The summed E-state index contributed by atoms with van der Waals surface area (Å²) in [6, 6.07) is 0. The smallest absolute Gasteiger partial charge is 0.320 e. The molecule has 0 amide bonds. The average Bonchev–Trinajstić information content (AvgIpc) is 2.23. The quantitative estimate of drug-likeness (QED) is 0.428. The second kappa shape index (κ2) is 6.33. The van der Waals surface area contributed by atoms with Gasteiger partial charge in [0, 0.05) is 0 Å². The van der Waals surface area contributed by atoms with E-state index < -0.39 is 30.6 Å². The van der Waals surface area contributed by atoms with Crippen LogP contribution in [0.15, 0.2) is 0 Å². The van der Waals surface area contributed by atoms with E-state index >= 15 is 0 Å². The van der Waals surface area contributed by atoms with Crippen LogP contribution in [0.3, 0.4) is 0 Å². The molecule has 0 saturated heterocycles. The molecule has 14 heavy (non-hydrogen) atoms. The molecule has 0 spiro atoms. The molecule has 0 saturated carbocycles. The van der Waals surface area contributed by atoms with Crippen LogP contribution in [0, 0.1) is 5.92 Å². The third-order valence-electron chi connectivity index (χ3n) is 1.69. The van der Waals surface area contributed by atoms with E-state index in [0.717, 1.165) is 14.2 Å². The van der Waals surface area contributed by atoms with E-state index in [1.165, 1.54) is 0 Å². The van der Waals surface area contributed by atoms with Crippen molar-refractivity contribution in [2.24, 2.45) is 5.92 Å². The number of aliphatic hydroxyl groups excluding tert-OH is 2. The van der Waals surface area contributed by atoms with E-state index in [1.807, 2.05) is 0 Å². The van der Waals surface area contributed by atoms with Crippen molar-refractivity contribution in [2.45, 2.75) is 12.5 Å². The average molecular weight is 206 g/mol. The van der Waals surface area contributed by atoms with Crippen LogP contribution in [0.2, 0.25) is 0 Å². The summed E-state index contributed by atoms with van der Waals surface area (Å²) >= 11 is 0. The summed E-state index contributed by atoms with van der Waals surface area (Å²) in [5, 5.41) is 17.6. The van der Waals surface area contributed by atoms with Crippen LogP contribution in [0.5, 0.6) is 0 Å². The molecule has 0 aliphatic carbocycles. The fourth-order valence-electron chi connectivity index (χ4n) is 0.920. The normalized spacial score (nSPS) is 12.4. The Labute approximate surface area is 81.4 Å². The van der Waals surface area contributed by atoms with E-state index in [0.29, 0.717) is 0 Å². The third-order valence-corrected chi connectivity index (χ3v) is 1.69. The predicted octanol–water partition coefficient (Wildman–Crippen LogP) is -1.31. The van der Waals surface area contributed by atoms with Gasteiger partial charge in [-0.2, -0.15) is 0 Å². The predicted molar refractivity (Wildman–Crippen MR) is 45.2 cm³/mol. The van der Waals surface area contributed by atoms with E-state index in [-0.39, 0.29) is 6.42 Å². The molecule has 0 heterocycles. The molecule has 0 aliphatic rings. The van der Waals surface area contributed by atoms with Crippen LogP contribution in [0.25, 0.3) is 0 Å². The summed E-state index contributed by atoms with van der Waals surface area (Å²) in [6.45, 7) is -0.523. The zero-order chi connectivity index (χ0) is 11.1. The number of ether oxygens (including phenoxy) is 2. The van der Waals surface area contributed by atoms with Gasteiger partial charge in [0.25, 0.3) is 0 Å². The summed E-state index contributed by atoms with van der Waals surface area (Å²) in [4.78, 5) is 22.1. The minimum atomic E-state index is -1.19. The van der Waals surface area contributed by atoms with Crippen LogP contribution in [-0.2, 0) is 19.1 Å². The first-order chi connectivity index (χ1) is 6.56. The third kappa shape index (κ3) is 3.71. The first-order valence-corrected chi connectivity index (χ1v) is 4.01. The van der Waals surface area contributed by atoms with Gasteiger partial charge in [0.1, 0.15) is 0 Å². The van der Waals surface area contributed by atoms with Crippen molar-refractivity contribution >= 4 is 11.9 Å². The summed E-state index contributed by atoms with van der Waals surface area (Å²) < 4.78 is 8.70. The SMILES string of the molecule is COC(=O)C(CC(O)CO)C(=O)OC. The van der Waals surface area contributed by atoms with Crippen molar-refractivity contribution in [2.75, 3.05) is 20.8 Å². The molecule has 6 nitrogen and oxygen atoms in total. The molecule has 1 unspecified atom stereocenters. The summed E-state index contributed by atoms with van der Waals surface area (Å²) in [7, 11) is 2.26. The molecule has 0 aliphatic heterocycles. The topological polar surface area (TPSA) is 93.1 Å². The fourth-order valence-corrected chi connectivity index (χ4v) is 0.920. The number of hydrogen-bond donors (Lipinski definition) is 2. The molecule has 82 valence electrons. The van der Waals surface area contributed by atoms with E-state index in [9.17, 15) is 9.59 Å². The molecule has 0 radical (unpaired) electrons. The maximum atomic E-state index is 11.0. The number of carbonyl (C=O) groups excluding carboxylic acids is 2. The molecular formula is C8H14O6. The molecule has 6 heteroatoms. The largest absolute Gasteiger partial charge is 0.468 e. The fraction of sp³-hybridized carbons (Fsp3) is 0.750. The minimum Gasteiger partial charge on any atom is -0.468 e. The van der Waals surface area contributed by atoms with Gasteiger partial charge in [-0.1, -0.05) is 0 Å². The van der Waals surface area contributed by atoms with Gasteiger partial charge in [-0.25, -0.2) is 0 Å². The zero-order valence-electron chi connectivity index (χ0n) is 8.10.